The van der Waals surface area contributed by atoms with Crippen molar-refractivity contribution in [1.82, 2.24) is 0 Å². The summed E-state index contributed by atoms with van der Waals surface area (Å²) in [7, 11) is 0. The van der Waals surface area contributed by atoms with Gasteiger partial charge in [-0.1, -0.05) is 27.2 Å². The average Bonchev–Trinajstić information content (AvgIpc) is 2.93. The van der Waals surface area contributed by atoms with E-state index in [9.17, 15) is 22.0 Å². The van der Waals surface area contributed by atoms with E-state index in [2.05, 4.69) is 0 Å². The molecular formula is C20H29F7O. The van der Waals surface area contributed by atoms with E-state index in [1.54, 1.807) is 6.92 Å². The molecule has 2 bridgehead atoms. The van der Waals surface area contributed by atoms with Gasteiger partial charge in [0, 0.05) is 0 Å². The second-order valence-electron chi connectivity index (χ2n) is 9.76. The Hall–Kier alpha value is -0.530. The van der Waals surface area contributed by atoms with Gasteiger partial charge in [0.25, 0.3) is 11.8 Å². The highest BCUT2D eigenvalue weighted by atomic mass is 19.4. The first kappa shape index (κ1) is 22.2. The second-order valence-corrected chi connectivity index (χ2v) is 9.76. The predicted molar refractivity (Wildman–Crippen MR) is 90.3 cm³/mol. The molecule has 3 fully saturated rings. The van der Waals surface area contributed by atoms with Crippen molar-refractivity contribution in [3.8, 4) is 0 Å². The van der Waals surface area contributed by atoms with Gasteiger partial charge in [0.1, 0.15) is 0 Å². The number of hydrogen-bond acceptors (Lipinski definition) is 1. The van der Waals surface area contributed by atoms with E-state index in [1.807, 2.05) is 13.8 Å². The van der Waals surface area contributed by atoms with Crippen LogP contribution in [0.4, 0.5) is 30.7 Å². The first-order valence-electron chi connectivity index (χ1n) is 10.1. The molecule has 1 nitrogen and oxygen atoms in total. The van der Waals surface area contributed by atoms with E-state index in [1.165, 1.54) is 0 Å². The van der Waals surface area contributed by atoms with Crippen LogP contribution in [0.3, 0.4) is 0 Å². The summed E-state index contributed by atoms with van der Waals surface area (Å²) in [6.07, 6.45) is -6.20. The van der Waals surface area contributed by atoms with Gasteiger partial charge < -0.3 is 4.74 Å². The van der Waals surface area contributed by atoms with Gasteiger partial charge >= 0.3 is 6.18 Å². The van der Waals surface area contributed by atoms with Crippen LogP contribution in [0.15, 0.2) is 0 Å². The van der Waals surface area contributed by atoms with Gasteiger partial charge in [-0.15, -0.1) is 0 Å². The molecule has 0 aromatic heterocycles. The summed E-state index contributed by atoms with van der Waals surface area (Å²) in [5.74, 6) is -12.4. The summed E-state index contributed by atoms with van der Waals surface area (Å²) >= 11 is 0. The fourth-order valence-corrected chi connectivity index (χ4v) is 6.07. The van der Waals surface area contributed by atoms with Crippen LogP contribution < -0.4 is 0 Å². The molecule has 8 heteroatoms. The van der Waals surface area contributed by atoms with E-state index in [0.717, 1.165) is 6.42 Å². The fraction of sp³-hybridized carbons (Fsp3) is 1.00. The van der Waals surface area contributed by atoms with E-state index in [4.69, 9.17) is 4.74 Å². The molecule has 0 spiro atoms. The summed E-state index contributed by atoms with van der Waals surface area (Å²) in [5.41, 5.74) is -4.16. The number of fused-ring (bicyclic) bond motifs is 2. The Bertz CT molecular complexity index is 594. The molecule has 3 rings (SSSR count). The molecule has 0 radical (unpaired) electrons. The number of halogens is 7. The van der Waals surface area contributed by atoms with E-state index < -0.39 is 54.4 Å². The third kappa shape index (κ3) is 3.07. The van der Waals surface area contributed by atoms with Crippen molar-refractivity contribution in [3.63, 3.8) is 0 Å². The largest absolute Gasteiger partial charge is 0.423 e. The van der Waals surface area contributed by atoms with Crippen LogP contribution in [0.5, 0.6) is 0 Å². The first-order valence-corrected chi connectivity index (χ1v) is 10.1. The maximum atomic E-state index is 15.3. The Morgan fingerprint density at radius 3 is 2.00 bits per heavy atom. The third-order valence-corrected chi connectivity index (χ3v) is 7.92. The second kappa shape index (κ2) is 6.48. The van der Waals surface area contributed by atoms with Crippen LogP contribution >= 0.6 is 0 Å². The maximum absolute atomic E-state index is 15.3. The lowest BCUT2D eigenvalue weighted by atomic mass is 9.66. The lowest BCUT2D eigenvalue weighted by molar-refractivity contribution is -0.398. The highest BCUT2D eigenvalue weighted by Gasteiger charge is 2.78. The lowest BCUT2D eigenvalue weighted by Gasteiger charge is -2.52. The first-order chi connectivity index (χ1) is 12.6. The van der Waals surface area contributed by atoms with Gasteiger partial charge in [-0.3, -0.25) is 0 Å². The molecular weight excluding hydrogens is 389 g/mol. The molecule has 0 amide bonds. The molecule has 6 atom stereocenters. The summed E-state index contributed by atoms with van der Waals surface area (Å²) in [6.45, 7) is 5.68. The Balaban J connectivity index is 2.04. The topological polar surface area (TPSA) is 9.23 Å². The fourth-order valence-electron chi connectivity index (χ4n) is 6.07. The van der Waals surface area contributed by atoms with Gasteiger partial charge in [0.15, 0.2) is 0 Å². The van der Waals surface area contributed by atoms with Crippen molar-refractivity contribution >= 4 is 0 Å². The number of ether oxygens (including phenoxy) is 1. The van der Waals surface area contributed by atoms with Crippen molar-refractivity contribution in [2.45, 2.75) is 95.9 Å². The van der Waals surface area contributed by atoms with Crippen molar-refractivity contribution in [3.05, 3.63) is 0 Å². The maximum Gasteiger partial charge on any atom is 0.423 e. The zero-order chi connectivity index (χ0) is 21.3. The molecule has 0 aromatic carbocycles. The minimum Gasteiger partial charge on any atom is -0.357 e. The van der Waals surface area contributed by atoms with E-state index in [-0.39, 0.29) is 37.0 Å². The molecule has 0 aromatic rings. The van der Waals surface area contributed by atoms with E-state index >= 15 is 8.78 Å². The molecule has 0 saturated heterocycles. The Labute approximate surface area is 161 Å². The van der Waals surface area contributed by atoms with Crippen LogP contribution in [0.2, 0.25) is 0 Å². The molecule has 0 heterocycles. The van der Waals surface area contributed by atoms with Gasteiger partial charge in [-0.05, 0) is 62.2 Å². The molecule has 6 unspecified atom stereocenters. The molecule has 0 aliphatic heterocycles. The average molecular weight is 418 g/mol. The van der Waals surface area contributed by atoms with Crippen molar-refractivity contribution < 1.29 is 35.5 Å². The highest BCUT2D eigenvalue weighted by molar-refractivity contribution is 5.13. The smallest absolute Gasteiger partial charge is 0.357 e. The Morgan fingerprint density at radius 1 is 1.00 bits per heavy atom. The SMILES string of the molecule is CCC1CC(C(C)(F)F)C(F)(F)C(OC2CC3CCC2C3(C)C)(C(F)(F)F)C1. The normalized spacial score (nSPS) is 42.8. The molecule has 3 aliphatic carbocycles. The van der Waals surface area contributed by atoms with Gasteiger partial charge in [-0.2, -0.15) is 13.2 Å². The van der Waals surface area contributed by atoms with Crippen LogP contribution in [0, 0.1) is 29.1 Å². The van der Waals surface area contributed by atoms with Gasteiger partial charge in [0.2, 0.25) is 5.60 Å². The van der Waals surface area contributed by atoms with Crippen LogP contribution in [-0.2, 0) is 4.74 Å². The Kier molecular flexibility index (Phi) is 5.13. The van der Waals surface area contributed by atoms with Crippen LogP contribution in [-0.4, -0.2) is 29.7 Å². The molecule has 3 aliphatic rings. The minimum atomic E-state index is -5.44. The molecule has 3 saturated carbocycles. The Morgan fingerprint density at radius 2 is 1.61 bits per heavy atom. The van der Waals surface area contributed by atoms with Crippen molar-refractivity contribution in [1.29, 1.82) is 0 Å². The lowest BCUT2D eigenvalue weighted by Crippen LogP contribution is -2.69. The zero-order valence-corrected chi connectivity index (χ0v) is 16.7. The van der Waals surface area contributed by atoms with Crippen LogP contribution in [0.1, 0.15) is 66.2 Å². The van der Waals surface area contributed by atoms with Gasteiger partial charge in [0.05, 0.1) is 12.0 Å². The molecule has 28 heavy (non-hydrogen) atoms. The molecule has 164 valence electrons. The number of hydrogen-bond donors (Lipinski definition) is 0. The predicted octanol–water partition coefficient (Wildman–Crippen LogP) is 6.86. The number of alkyl halides is 7. The van der Waals surface area contributed by atoms with E-state index in [0.29, 0.717) is 6.42 Å². The summed E-state index contributed by atoms with van der Waals surface area (Å²) in [6, 6.07) is 0. The standard InChI is InChI=1S/C20H29F7O/c1-5-11-8-15(17(4,21)22)19(23,24)18(10-11,20(25,26)27)28-14-9-12-6-7-13(14)16(12,2)3/h11-15H,5-10H2,1-4H3. The highest BCUT2D eigenvalue weighted by Crippen LogP contribution is 2.64. The zero-order valence-electron chi connectivity index (χ0n) is 16.7. The summed E-state index contributed by atoms with van der Waals surface area (Å²) in [4.78, 5) is 0. The molecule has 0 N–H and O–H groups in total. The summed E-state index contributed by atoms with van der Waals surface area (Å²) < 4.78 is 107. The van der Waals surface area contributed by atoms with Crippen molar-refractivity contribution in [2.24, 2.45) is 29.1 Å². The van der Waals surface area contributed by atoms with Gasteiger partial charge in [-0.25, -0.2) is 17.6 Å². The number of rotatable bonds is 4. The van der Waals surface area contributed by atoms with Crippen molar-refractivity contribution in [2.75, 3.05) is 0 Å². The third-order valence-electron chi connectivity index (χ3n) is 7.92. The minimum absolute atomic E-state index is 0.107. The van der Waals surface area contributed by atoms with Crippen LogP contribution in [0.25, 0.3) is 0 Å². The summed E-state index contributed by atoms with van der Waals surface area (Å²) in [5, 5.41) is 0. The monoisotopic (exact) mass is 418 g/mol. The quantitative estimate of drug-likeness (QED) is 0.454.